The smallest absolute Gasteiger partial charge is 0.173 e. The molecule has 9 heavy (non-hydrogen) atoms. The van der Waals surface area contributed by atoms with Gasteiger partial charge in [0, 0.05) is 0 Å². The summed E-state index contributed by atoms with van der Waals surface area (Å²) in [4.78, 5) is 30.0. The maximum Gasteiger partial charge on any atom is 0.173 e. The van der Waals surface area contributed by atoms with Crippen LogP contribution in [0, 0.1) is 0 Å². The standard InChI is InChI=1S/C6H6O3/c1-5(8)4-6(9)2-3-7/h2H,4H2,1H3. The molecule has 0 aliphatic carbocycles. The molecule has 0 amide bonds. The predicted molar refractivity (Wildman–Crippen MR) is 30.6 cm³/mol. The van der Waals surface area contributed by atoms with Gasteiger partial charge in [-0.05, 0) is 6.92 Å². The van der Waals surface area contributed by atoms with Crippen LogP contribution in [0.1, 0.15) is 13.3 Å². The van der Waals surface area contributed by atoms with E-state index in [0.29, 0.717) is 0 Å². The Morgan fingerprint density at radius 2 is 2.11 bits per heavy atom. The lowest BCUT2D eigenvalue weighted by molar-refractivity contribution is -0.123. The lowest BCUT2D eigenvalue weighted by Gasteiger charge is -1.82. The Bertz CT molecular complexity index is 175. The van der Waals surface area contributed by atoms with E-state index >= 15 is 0 Å². The molecule has 0 saturated carbocycles. The van der Waals surface area contributed by atoms with Gasteiger partial charge in [-0.2, -0.15) is 0 Å². The van der Waals surface area contributed by atoms with Crippen LogP contribution in [0.2, 0.25) is 0 Å². The van der Waals surface area contributed by atoms with Crippen LogP contribution < -0.4 is 0 Å². The van der Waals surface area contributed by atoms with Crippen LogP contribution in [-0.2, 0) is 14.4 Å². The third kappa shape index (κ3) is 4.65. The minimum Gasteiger partial charge on any atom is -0.300 e. The molecule has 0 unspecified atom stereocenters. The van der Waals surface area contributed by atoms with Gasteiger partial charge < -0.3 is 0 Å². The molecule has 0 N–H and O–H groups in total. The molecule has 3 heteroatoms. The van der Waals surface area contributed by atoms with Gasteiger partial charge in [0.05, 0.1) is 12.5 Å². The van der Waals surface area contributed by atoms with Crippen LogP contribution in [0.15, 0.2) is 6.08 Å². The first-order chi connectivity index (χ1) is 4.16. The minimum atomic E-state index is -0.488. The second-order valence-electron chi connectivity index (χ2n) is 1.61. The Labute approximate surface area is 52.4 Å². The molecule has 0 aliphatic heterocycles. The van der Waals surface area contributed by atoms with Crippen molar-refractivity contribution in [2.75, 3.05) is 0 Å². The fraction of sp³-hybridized carbons (Fsp3) is 0.333. The monoisotopic (exact) mass is 126 g/mol. The average molecular weight is 126 g/mol. The Balaban J connectivity index is 3.78. The van der Waals surface area contributed by atoms with E-state index < -0.39 is 5.78 Å². The zero-order valence-corrected chi connectivity index (χ0v) is 5.01. The summed E-state index contributed by atoms with van der Waals surface area (Å²) in [5.74, 6) is 0.564. The highest BCUT2D eigenvalue weighted by atomic mass is 16.1. The number of allylic oxidation sites excluding steroid dienone is 1. The quantitative estimate of drug-likeness (QED) is 0.302. The van der Waals surface area contributed by atoms with Crippen molar-refractivity contribution >= 4 is 17.5 Å². The summed E-state index contributed by atoms with van der Waals surface area (Å²) in [6.45, 7) is 1.29. The highest BCUT2D eigenvalue weighted by molar-refractivity contribution is 6.06. The Morgan fingerprint density at radius 1 is 1.56 bits per heavy atom. The van der Waals surface area contributed by atoms with E-state index in [9.17, 15) is 14.4 Å². The zero-order chi connectivity index (χ0) is 7.28. The number of hydrogen-bond acceptors (Lipinski definition) is 3. The average Bonchev–Trinajstić information content (AvgIpc) is 1.63. The Kier molecular flexibility index (Phi) is 3.25. The van der Waals surface area contributed by atoms with Crippen molar-refractivity contribution in [3.05, 3.63) is 6.08 Å². The highest BCUT2D eigenvalue weighted by Gasteiger charge is 1.99. The number of carbonyl (C=O) groups is 2. The largest absolute Gasteiger partial charge is 0.300 e. The molecule has 0 bridgehead atoms. The molecule has 0 heterocycles. The summed E-state index contributed by atoms with van der Waals surface area (Å²) in [6.07, 6.45) is 0.524. The molecule has 0 rings (SSSR count). The van der Waals surface area contributed by atoms with E-state index in [-0.39, 0.29) is 12.2 Å². The first-order valence-corrected chi connectivity index (χ1v) is 2.40. The normalized spacial score (nSPS) is 7.67. The summed E-state index contributed by atoms with van der Waals surface area (Å²) in [5, 5.41) is 0. The number of Topliss-reactive ketones (excluding diaryl/α,β-unsaturated/α-hetero) is 1. The lowest BCUT2D eigenvalue weighted by atomic mass is 10.2. The Hall–Kier alpha value is -1.21. The van der Waals surface area contributed by atoms with E-state index in [1.807, 2.05) is 0 Å². The molecule has 3 nitrogen and oxygen atoms in total. The molecule has 48 valence electrons. The van der Waals surface area contributed by atoms with Gasteiger partial charge >= 0.3 is 0 Å². The molecule has 0 saturated heterocycles. The molecule has 0 fully saturated rings. The van der Waals surface area contributed by atoms with E-state index in [1.165, 1.54) is 12.9 Å². The summed E-state index contributed by atoms with van der Waals surface area (Å²) >= 11 is 0. The van der Waals surface area contributed by atoms with E-state index in [1.54, 1.807) is 0 Å². The third-order valence-electron chi connectivity index (χ3n) is 0.643. The van der Waals surface area contributed by atoms with Gasteiger partial charge in [-0.25, -0.2) is 4.79 Å². The van der Waals surface area contributed by atoms with Crippen LogP contribution in [0.5, 0.6) is 0 Å². The van der Waals surface area contributed by atoms with Crippen molar-refractivity contribution < 1.29 is 14.4 Å². The molecule has 0 radical (unpaired) electrons. The molecule has 0 aliphatic rings. The SMILES string of the molecule is CC(=O)CC(=O)C=C=O. The van der Waals surface area contributed by atoms with Gasteiger partial charge in [0.1, 0.15) is 11.7 Å². The van der Waals surface area contributed by atoms with Crippen LogP contribution in [-0.4, -0.2) is 17.5 Å². The summed E-state index contributed by atoms with van der Waals surface area (Å²) < 4.78 is 0. The first-order valence-electron chi connectivity index (χ1n) is 2.40. The van der Waals surface area contributed by atoms with Gasteiger partial charge in [-0.1, -0.05) is 0 Å². The van der Waals surface area contributed by atoms with E-state index in [4.69, 9.17) is 0 Å². The molecule has 0 aromatic heterocycles. The maximum absolute atomic E-state index is 10.3. The minimum absolute atomic E-state index is 0.199. The molecule has 0 atom stereocenters. The van der Waals surface area contributed by atoms with Gasteiger partial charge in [0.2, 0.25) is 0 Å². The fourth-order valence-corrected chi connectivity index (χ4v) is 0.362. The van der Waals surface area contributed by atoms with Crippen molar-refractivity contribution in [2.24, 2.45) is 0 Å². The third-order valence-corrected chi connectivity index (χ3v) is 0.643. The second-order valence-corrected chi connectivity index (χ2v) is 1.61. The van der Waals surface area contributed by atoms with Crippen LogP contribution in [0.4, 0.5) is 0 Å². The molecule has 0 spiro atoms. The summed E-state index contributed by atoms with van der Waals surface area (Å²) in [5.41, 5.74) is 0. The summed E-state index contributed by atoms with van der Waals surface area (Å²) in [7, 11) is 0. The van der Waals surface area contributed by atoms with Crippen molar-refractivity contribution in [3.63, 3.8) is 0 Å². The number of ketones is 2. The molecule has 0 aromatic rings. The molecule has 0 aromatic carbocycles. The number of carbonyl (C=O) groups excluding carboxylic acids is 3. The summed E-state index contributed by atoms with van der Waals surface area (Å²) in [6, 6.07) is 0. The van der Waals surface area contributed by atoms with Crippen LogP contribution >= 0.6 is 0 Å². The number of rotatable bonds is 3. The van der Waals surface area contributed by atoms with E-state index in [0.717, 1.165) is 6.08 Å². The zero-order valence-electron chi connectivity index (χ0n) is 5.01. The first kappa shape index (κ1) is 7.79. The molecular formula is C6H6O3. The van der Waals surface area contributed by atoms with Crippen molar-refractivity contribution in [1.29, 1.82) is 0 Å². The van der Waals surface area contributed by atoms with Gasteiger partial charge in [0.25, 0.3) is 0 Å². The van der Waals surface area contributed by atoms with Gasteiger partial charge in [-0.15, -0.1) is 0 Å². The maximum atomic E-state index is 10.3. The molecular weight excluding hydrogens is 120 g/mol. The topological polar surface area (TPSA) is 51.2 Å². The number of hydrogen-bond donors (Lipinski definition) is 0. The van der Waals surface area contributed by atoms with E-state index in [2.05, 4.69) is 0 Å². The van der Waals surface area contributed by atoms with Crippen LogP contribution in [0.3, 0.4) is 0 Å². The Morgan fingerprint density at radius 3 is 2.44 bits per heavy atom. The van der Waals surface area contributed by atoms with Crippen molar-refractivity contribution in [3.8, 4) is 0 Å². The van der Waals surface area contributed by atoms with Gasteiger partial charge in [-0.3, -0.25) is 9.59 Å². The van der Waals surface area contributed by atoms with Crippen molar-refractivity contribution in [2.45, 2.75) is 13.3 Å². The van der Waals surface area contributed by atoms with Crippen molar-refractivity contribution in [1.82, 2.24) is 0 Å². The van der Waals surface area contributed by atoms with Crippen LogP contribution in [0.25, 0.3) is 0 Å². The fourth-order valence-electron chi connectivity index (χ4n) is 0.362. The predicted octanol–water partition coefficient (Wildman–Crippen LogP) is -0.0776. The second kappa shape index (κ2) is 3.75. The lowest BCUT2D eigenvalue weighted by Crippen LogP contribution is -2.00. The highest BCUT2D eigenvalue weighted by Crippen LogP contribution is 1.83. The van der Waals surface area contributed by atoms with Gasteiger partial charge in [0.15, 0.2) is 5.78 Å².